The summed E-state index contributed by atoms with van der Waals surface area (Å²) in [5, 5.41) is 11.2. The molecule has 128 valence electrons. The molecule has 0 aliphatic carbocycles. The molecule has 6 nitrogen and oxygen atoms in total. The van der Waals surface area contributed by atoms with Crippen LogP contribution in [0.3, 0.4) is 0 Å². The molecule has 2 aromatic carbocycles. The number of nitro benzene ring substituents is 1. The van der Waals surface area contributed by atoms with E-state index in [4.69, 9.17) is 0 Å². The zero-order valence-electron chi connectivity index (χ0n) is 12.7. The van der Waals surface area contributed by atoms with Crippen LogP contribution in [0, 0.1) is 10.1 Å². The summed E-state index contributed by atoms with van der Waals surface area (Å²) < 4.78 is 39.8. The summed E-state index contributed by atoms with van der Waals surface area (Å²) in [4.78, 5) is 27.0. The van der Waals surface area contributed by atoms with Crippen molar-refractivity contribution in [2.75, 3.05) is 0 Å². The second kappa shape index (κ2) is 5.69. The number of nitro groups is 1. The first-order valence-electron chi connectivity index (χ1n) is 7.02. The molecule has 1 aromatic heterocycles. The second-order valence-electron chi connectivity index (χ2n) is 5.31. The third-order valence-corrected chi connectivity index (χ3v) is 3.73. The van der Waals surface area contributed by atoms with Crippen molar-refractivity contribution < 1.29 is 18.1 Å². The Morgan fingerprint density at radius 1 is 1.16 bits per heavy atom. The molecule has 1 heterocycles. The van der Waals surface area contributed by atoms with Crippen LogP contribution in [-0.4, -0.2) is 14.5 Å². The van der Waals surface area contributed by atoms with E-state index in [0.717, 1.165) is 16.7 Å². The zero-order valence-corrected chi connectivity index (χ0v) is 12.7. The Hall–Kier alpha value is -3.23. The number of benzene rings is 2. The van der Waals surface area contributed by atoms with Gasteiger partial charge in [0, 0.05) is 18.7 Å². The highest BCUT2D eigenvalue weighted by molar-refractivity contribution is 5.87. The van der Waals surface area contributed by atoms with Crippen LogP contribution in [0.15, 0.2) is 47.3 Å². The molecule has 0 saturated heterocycles. The summed E-state index contributed by atoms with van der Waals surface area (Å²) >= 11 is 0. The molecule has 9 heteroatoms. The average Bonchev–Trinajstić information content (AvgIpc) is 2.56. The number of hydrogen-bond donors (Lipinski definition) is 0. The van der Waals surface area contributed by atoms with Gasteiger partial charge in [0.2, 0.25) is 0 Å². The third-order valence-electron chi connectivity index (χ3n) is 3.73. The highest BCUT2D eigenvalue weighted by Gasteiger charge is 2.31. The predicted molar refractivity (Wildman–Crippen MR) is 84.1 cm³/mol. The lowest BCUT2D eigenvalue weighted by molar-refractivity contribution is -0.383. The van der Waals surface area contributed by atoms with Gasteiger partial charge in [0.1, 0.15) is 5.82 Å². The minimum atomic E-state index is -4.56. The average molecular weight is 349 g/mol. The van der Waals surface area contributed by atoms with Gasteiger partial charge in [0.05, 0.1) is 15.9 Å². The fourth-order valence-electron chi connectivity index (χ4n) is 2.52. The SMILES string of the molecule is Cn1c(-c2cccc(C(F)(F)F)c2)nc2c([N+](=O)[O-])cccc2c1=O. The van der Waals surface area contributed by atoms with E-state index in [1.807, 2.05) is 0 Å². The van der Waals surface area contributed by atoms with Gasteiger partial charge >= 0.3 is 6.18 Å². The highest BCUT2D eigenvalue weighted by Crippen LogP contribution is 2.32. The fourth-order valence-corrected chi connectivity index (χ4v) is 2.52. The molecule has 3 aromatic rings. The Morgan fingerprint density at radius 3 is 2.48 bits per heavy atom. The lowest BCUT2D eigenvalue weighted by Gasteiger charge is -2.12. The van der Waals surface area contributed by atoms with Gasteiger partial charge in [-0.05, 0) is 18.2 Å². The van der Waals surface area contributed by atoms with Gasteiger partial charge in [-0.2, -0.15) is 13.2 Å². The standard InChI is InChI=1S/C16H10F3N3O3/c1-21-14(9-4-2-5-10(8-9)16(17,18)19)20-13-11(15(21)23)6-3-7-12(13)22(24)25/h2-8H,1H3. The summed E-state index contributed by atoms with van der Waals surface area (Å²) in [7, 11) is 1.35. The van der Waals surface area contributed by atoms with Crippen molar-refractivity contribution in [2.24, 2.45) is 7.05 Å². The molecule has 3 rings (SSSR count). The molecule has 0 aliphatic rings. The highest BCUT2D eigenvalue weighted by atomic mass is 19.4. The maximum Gasteiger partial charge on any atom is 0.416 e. The summed E-state index contributed by atoms with van der Waals surface area (Å²) in [5.74, 6) is -0.0853. The Morgan fingerprint density at radius 2 is 1.84 bits per heavy atom. The van der Waals surface area contributed by atoms with Crippen LogP contribution in [0.25, 0.3) is 22.3 Å². The van der Waals surface area contributed by atoms with Crippen molar-refractivity contribution in [3.05, 3.63) is 68.5 Å². The molecule has 25 heavy (non-hydrogen) atoms. The van der Waals surface area contributed by atoms with E-state index in [1.165, 1.54) is 37.4 Å². The minimum Gasteiger partial charge on any atom is -0.295 e. The molecule has 0 spiro atoms. The number of fused-ring (bicyclic) bond motifs is 1. The van der Waals surface area contributed by atoms with E-state index in [0.29, 0.717) is 0 Å². The van der Waals surface area contributed by atoms with E-state index >= 15 is 0 Å². The number of halogens is 3. The minimum absolute atomic E-state index is 0.0208. The third kappa shape index (κ3) is 2.84. The first kappa shape index (κ1) is 16.6. The van der Waals surface area contributed by atoms with E-state index in [-0.39, 0.29) is 28.0 Å². The maximum absolute atomic E-state index is 12.9. The summed E-state index contributed by atoms with van der Waals surface area (Å²) in [5.41, 5.74) is -2.00. The molecule has 0 fully saturated rings. The van der Waals surface area contributed by atoms with Crippen LogP contribution in [0.2, 0.25) is 0 Å². The topological polar surface area (TPSA) is 78.0 Å². The molecule has 0 bridgehead atoms. The summed E-state index contributed by atoms with van der Waals surface area (Å²) in [6.07, 6.45) is -4.56. The largest absolute Gasteiger partial charge is 0.416 e. The molecule has 0 saturated carbocycles. The molecule has 0 unspecified atom stereocenters. The quantitative estimate of drug-likeness (QED) is 0.524. The fraction of sp³-hybridized carbons (Fsp3) is 0.125. The Kier molecular flexibility index (Phi) is 3.78. The molecule has 0 aliphatic heterocycles. The Labute approximate surface area is 138 Å². The van der Waals surface area contributed by atoms with Gasteiger partial charge in [0.15, 0.2) is 5.52 Å². The van der Waals surface area contributed by atoms with Crippen molar-refractivity contribution in [3.8, 4) is 11.4 Å². The van der Waals surface area contributed by atoms with E-state index in [2.05, 4.69) is 4.98 Å². The number of non-ortho nitro benzene ring substituents is 1. The normalized spacial score (nSPS) is 11.7. The molecule has 0 atom stereocenters. The van der Waals surface area contributed by atoms with Gasteiger partial charge in [-0.25, -0.2) is 4.98 Å². The van der Waals surface area contributed by atoms with Gasteiger partial charge in [0.25, 0.3) is 11.2 Å². The summed E-state index contributed by atoms with van der Waals surface area (Å²) in [6.45, 7) is 0. The number of para-hydroxylation sites is 1. The molecular formula is C16H10F3N3O3. The van der Waals surface area contributed by atoms with Crippen molar-refractivity contribution in [1.82, 2.24) is 9.55 Å². The molecule has 0 N–H and O–H groups in total. The summed E-state index contributed by atoms with van der Waals surface area (Å²) in [6, 6.07) is 8.21. The van der Waals surface area contributed by atoms with Crippen LogP contribution in [0.5, 0.6) is 0 Å². The van der Waals surface area contributed by atoms with Crippen molar-refractivity contribution in [3.63, 3.8) is 0 Å². The van der Waals surface area contributed by atoms with Gasteiger partial charge in [-0.1, -0.05) is 18.2 Å². The van der Waals surface area contributed by atoms with Crippen LogP contribution in [0.1, 0.15) is 5.56 Å². The Bertz CT molecular complexity index is 1060. The molecule has 0 amide bonds. The first-order valence-corrected chi connectivity index (χ1v) is 7.02. The molecule has 0 radical (unpaired) electrons. The molecular weight excluding hydrogens is 339 g/mol. The number of hydrogen-bond acceptors (Lipinski definition) is 4. The first-order chi connectivity index (χ1) is 11.7. The number of nitrogens with zero attached hydrogens (tertiary/aromatic N) is 3. The van der Waals surface area contributed by atoms with E-state index < -0.39 is 22.2 Å². The second-order valence-corrected chi connectivity index (χ2v) is 5.31. The van der Waals surface area contributed by atoms with Crippen LogP contribution in [-0.2, 0) is 13.2 Å². The number of alkyl halides is 3. The van der Waals surface area contributed by atoms with Gasteiger partial charge in [-0.3, -0.25) is 19.5 Å². The van der Waals surface area contributed by atoms with Gasteiger partial charge < -0.3 is 0 Å². The maximum atomic E-state index is 12.9. The van der Waals surface area contributed by atoms with Crippen molar-refractivity contribution in [1.29, 1.82) is 0 Å². The lowest BCUT2D eigenvalue weighted by atomic mass is 10.1. The smallest absolute Gasteiger partial charge is 0.295 e. The number of rotatable bonds is 2. The van der Waals surface area contributed by atoms with Gasteiger partial charge in [-0.15, -0.1) is 0 Å². The lowest BCUT2D eigenvalue weighted by Crippen LogP contribution is -2.20. The zero-order chi connectivity index (χ0) is 18.4. The number of aromatic nitrogens is 2. The Balaban J connectivity index is 2.35. The van der Waals surface area contributed by atoms with Crippen molar-refractivity contribution >= 4 is 16.6 Å². The van der Waals surface area contributed by atoms with Crippen LogP contribution >= 0.6 is 0 Å². The van der Waals surface area contributed by atoms with Crippen molar-refractivity contribution in [2.45, 2.75) is 6.18 Å². The monoisotopic (exact) mass is 349 g/mol. The van der Waals surface area contributed by atoms with Crippen LogP contribution in [0.4, 0.5) is 18.9 Å². The van der Waals surface area contributed by atoms with E-state index in [9.17, 15) is 28.1 Å². The van der Waals surface area contributed by atoms with E-state index in [1.54, 1.807) is 0 Å². The van der Waals surface area contributed by atoms with Crippen LogP contribution < -0.4 is 5.56 Å². The predicted octanol–water partition coefficient (Wildman–Crippen LogP) is 3.53.